The SMILES string of the molecule is O=C1Nc2ccc(F)cc2C1=C1OCc2cc(NCCCl)ccc21. The summed E-state index contributed by atoms with van der Waals surface area (Å²) in [7, 11) is 0. The maximum absolute atomic E-state index is 13.6. The van der Waals surface area contributed by atoms with Crippen molar-refractivity contribution in [2.45, 2.75) is 6.61 Å². The summed E-state index contributed by atoms with van der Waals surface area (Å²) in [4.78, 5) is 12.3. The molecule has 2 heterocycles. The molecule has 0 bridgehead atoms. The van der Waals surface area contributed by atoms with Crippen LogP contribution in [0.3, 0.4) is 0 Å². The average molecular weight is 345 g/mol. The highest BCUT2D eigenvalue weighted by Gasteiger charge is 2.32. The Kier molecular flexibility index (Phi) is 3.65. The third kappa shape index (κ3) is 2.41. The van der Waals surface area contributed by atoms with Gasteiger partial charge < -0.3 is 15.4 Å². The minimum atomic E-state index is -0.387. The molecule has 0 saturated heterocycles. The molecule has 0 fully saturated rings. The summed E-state index contributed by atoms with van der Waals surface area (Å²) < 4.78 is 19.4. The Morgan fingerprint density at radius 2 is 2.08 bits per heavy atom. The summed E-state index contributed by atoms with van der Waals surface area (Å²) in [6.07, 6.45) is 0. The van der Waals surface area contributed by atoms with E-state index in [4.69, 9.17) is 16.3 Å². The minimum Gasteiger partial charge on any atom is -0.487 e. The van der Waals surface area contributed by atoms with Gasteiger partial charge in [-0.05, 0) is 36.4 Å². The number of amides is 1. The van der Waals surface area contributed by atoms with Crippen LogP contribution in [-0.2, 0) is 16.1 Å². The summed E-state index contributed by atoms with van der Waals surface area (Å²) in [6.45, 7) is 1.05. The van der Waals surface area contributed by atoms with E-state index in [2.05, 4.69) is 10.6 Å². The van der Waals surface area contributed by atoms with E-state index in [1.807, 2.05) is 18.2 Å². The molecule has 0 saturated carbocycles. The van der Waals surface area contributed by atoms with Crippen LogP contribution in [0.15, 0.2) is 36.4 Å². The van der Waals surface area contributed by atoms with Crippen molar-refractivity contribution < 1.29 is 13.9 Å². The van der Waals surface area contributed by atoms with E-state index in [1.165, 1.54) is 12.1 Å². The number of anilines is 2. The van der Waals surface area contributed by atoms with Crippen LogP contribution < -0.4 is 10.6 Å². The lowest BCUT2D eigenvalue weighted by Crippen LogP contribution is -2.05. The molecule has 2 aliphatic rings. The van der Waals surface area contributed by atoms with Crippen molar-refractivity contribution in [3.8, 4) is 0 Å². The van der Waals surface area contributed by atoms with Gasteiger partial charge in [-0.1, -0.05) is 0 Å². The fourth-order valence-corrected chi connectivity index (χ4v) is 3.13. The number of hydrogen-bond donors (Lipinski definition) is 2. The number of carbonyl (C=O) groups is 1. The zero-order chi connectivity index (χ0) is 16.7. The summed E-state index contributed by atoms with van der Waals surface area (Å²) in [5.41, 5.74) is 4.30. The van der Waals surface area contributed by atoms with E-state index in [-0.39, 0.29) is 11.7 Å². The van der Waals surface area contributed by atoms with E-state index in [1.54, 1.807) is 6.07 Å². The lowest BCUT2D eigenvalue weighted by molar-refractivity contribution is -0.110. The van der Waals surface area contributed by atoms with Crippen LogP contribution in [0.25, 0.3) is 11.3 Å². The molecule has 4 rings (SSSR count). The van der Waals surface area contributed by atoms with E-state index in [0.717, 1.165) is 16.8 Å². The van der Waals surface area contributed by atoms with E-state index < -0.39 is 0 Å². The molecular weight excluding hydrogens is 331 g/mol. The van der Waals surface area contributed by atoms with Gasteiger partial charge in [0.1, 0.15) is 18.2 Å². The van der Waals surface area contributed by atoms with Gasteiger partial charge in [0, 0.05) is 40.5 Å². The second kappa shape index (κ2) is 5.83. The standard InChI is InChI=1S/C18H14ClFN2O2/c19-5-6-21-12-2-3-13-10(7-12)9-24-17(13)16-14-8-11(20)1-4-15(14)22-18(16)23/h1-4,7-8,21H,5-6,9H2,(H,22,23). The van der Waals surface area contributed by atoms with Crippen LogP contribution in [0.1, 0.15) is 16.7 Å². The van der Waals surface area contributed by atoms with Crippen molar-refractivity contribution >= 4 is 40.2 Å². The lowest BCUT2D eigenvalue weighted by atomic mass is 10.00. The van der Waals surface area contributed by atoms with Gasteiger partial charge in [0.15, 0.2) is 0 Å². The van der Waals surface area contributed by atoms with Crippen LogP contribution in [0.4, 0.5) is 15.8 Å². The Labute approximate surface area is 143 Å². The summed E-state index contributed by atoms with van der Waals surface area (Å²) in [6, 6.07) is 10.0. The van der Waals surface area contributed by atoms with Gasteiger partial charge in [-0.3, -0.25) is 4.79 Å². The molecule has 2 aromatic carbocycles. The van der Waals surface area contributed by atoms with Gasteiger partial charge in [0.05, 0.1) is 5.57 Å². The number of carbonyl (C=O) groups excluding carboxylic acids is 1. The van der Waals surface area contributed by atoms with Crippen molar-refractivity contribution in [1.82, 2.24) is 0 Å². The highest BCUT2D eigenvalue weighted by molar-refractivity contribution is 6.36. The quantitative estimate of drug-likeness (QED) is 0.657. The normalized spacial score (nSPS) is 18.0. The molecule has 0 atom stereocenters. The molecule has 0 aliphatic carbocycles. The number of nitrogens with one attached hydrogen (secondary N) is 2. The number of halogens is 2. The third-order valence-electron chi connectivity index (χ3n) is 4.10. The average Bonchev–Trinajstić information content (AvgIpc) is 3.12. The first-order valence-corrected chi connectivity index (χ1v) is 8.12. The molecule has 2 N–H and O–H groups in total. The van der Waals surface area contributed by atoms with E-state index >= 15 is 0 Å². The molecule has 4 nitrogen and oxygen atoms in total. The number of fused-ring (bicyclic) bond motifs is 2. The Hall–Kier alpha value is -2.53. The molecule has 0 aromatic heterocycles. The highest BCUT2D eigenvalue weighted by Crippen LogP contribution is 2.42. The molecule has 24 heavy (non-hydrogen) atoms. The van der Waals surface area contributed by atoms with Gasteiger partial charge in [0.2, 0.25) is 0 Å². The van der Waals surface area contributed by atoms with Crippen LogP contribution >= 0.6 is 11.6 Å². The van der Waals surface area contributed by atoms with Crippen molar-refractivity contribution in [3.63, 3.8) is 0 Å². The molecule has 0 spiro atoms. The molecule has 1 amide bonds. The van der Waals surface area contributed by atoms with Crippen LogP contribution in [0, 0.1) is 5.82 Å². The second-order valence-corrected chi connectivity index (χ2v) is 6.00. The zero-order valence-corrected chi connectivity index (χ0v) is 13.4. The van der Waals surface area contributed by atoms with E-state index in [9.17, 15) is 9.18 Å². The first-order chi connectivity index (χ1) is 11.7. The Balaban J connectivity index is 1.79. The van der Waals surface area contributed by atoms with Gasteiger partial charge in [-0.25, -0.2) is 4.39 Å². The molecule has 122 valence electrons. The van der Waals surface area contributed by atoms with Crippen LogP contribution in [-0.4, -0.2) is 18.3 Å². The molecule has 2 aliphatic heterocycles. The fourth-order valence-electron chi connectivity index (χ4n) is 3.04. The molecule has 0 unspecified atom stereocenters. The minimum absolute atomic E-state index is 0.275. The molecule has 2 aromatic rings. The molecular formula is C18H14ClFN2O2. The Morgan fingerprint density at radius 1 is 1.21 bits per heavy atom. The number of alkyl halides is 1. The van der Waals surface area contributed by atoms with Gasteiger partial charge in [-0.2, -0.15) is 0 Å². The number of ether oxygens (including phenoxy) is 1. The first-order valence-electron chi connectivity index (χ1n) is 7.59. The van der Waals surface area contributed by atoms with Crippen molar-refractivity contribution in [2.24, 2.45) is 0 Å². The number of benzene rings is 2. The van der Waals surface area contributed by atoms with Gasteiger partial charge in [0.25, 0.3) is 5.91 Å². The van der Waals surface area contributed by atoms with E-state index in [0.29, 0.717) is 41.6 Å². The largest absolute Gasteiger partial charge is 0.487 e. The summed E-state index contributed by atoms with van der Waals surface area (Å²) in [5, 5.41) is 5.96. The molecule has 6 heteroatoms. The lowest BCUT2D eigenvalue weighted by Gasteiger charge is -2.07. The predicted molar refractivity (Wildman–Crippen MR) is 92.3 cm³/mol. The topological polar surface area (TPSA) is 50.4 Å². The maximum Gasteiger partial charge on any atom is 0.260 e. The Bertz CT molecular complexity index is 879. The third-order valence-corrected chi connectivity index (χ3v) is 4.29. The number of rotatable bonds is 3. The summed E-state index contributed by atoms with van der Waals surface area (Å²) >= 11 is 5.68. The van der Waals surface area contributed by atoms with Crippen molar-refractivity contribution in [2.75, 3.05) is 23.1 Å². The van der Waals surface area contributed by atoms with Gasteiger partial charge >= 0.3 is 0 Å². The maximum atomic E-state index is 13.6. The predicted octanol–water partition coefficient (Wildman–Crippen LogP) is 3.83. The van der Waals surface area contributed by atoms with Crippen molar-refractivity contribution in [3.05, 3.63) is 58.9 Å². The second-order valence-electron chi connectivity index (χ2n) is 5.62. The number of hydrogen-bond acceptors (Lipinski definition) is 3. The van der Waals surface area contributed by atoms with Crippen molar-refractivity contribution in [1.29, 1.82) is 0 Å². The summed E-state index contributed by atoms with van der Waals surface area (Å²) in [5.74, 6) is 0.353. The van der Waals surface area contributed by atoms with Crippen LogP contribution in [0.5, 0.6) is 0 Å². The van der Waals surface area contributed by atoms with Gasteiger partial charge in [-0.15, -0.1) is 11.6 Å². The fraction of sp³-hybridized carbons (Fsp3) is 0.167. The monoisotopic (exact) mass is 344 g/mol. The van der Waals surface area contributed by atoms with Crippen LogP contribution in [0.2, 0.25) is 0 Å². The Morgan fingerprint density at radius 3 is 2.92 bits per heavy atom. The first kappa shape index (κ1) is 15.0. The smallest absolute Gasteiger partial charge is 0.260 e. The highest BCUT2D eigenvalue weighted by atomic mass is 35.5. The zero-order valence-electron chi connectivity index (χ0n) is 12.7. The molecule has 0 radical (unpaired) electrons.